The van der Waals surface area contributed by atoms with Crippen molar-refractivity contribution in [1.29, 1.82) is 0 Å². The molecule has 0 aliphatic carbocycles. The van der Waals surface area contributed by atoms with E-state index in [-0.39, 0.29) is 0 Å². The summed E-state index contributed by atoms with van der Waals surface area (Å²) in [4.78, 5) is 11.0. The van der Waals surface area contributed by atoms with Gasteiger partial charge in [-0.3, -0.25) is 4.79 Å². The molecule has 1 aromatic carbocycles. The molecule has 1 atom stereocenters. The third-order valence-corrected chi connectivity index (χ3v) is 3.30. The smallest absolute Gasteiger partial charge is 0.248 e. The average Bonchev–Trinajstić information content (AvgIpc) is 2.30. The monoisotopic (exact) mass is 284 g/mol. The van der Waals surface area contributed by atoms with E-state index < -0.39 is 11.5 Å². The van der Waals surface area contributed by atoms with Gasteiger partial charge in [-0.1, -0.05) is 31.0 Å². The van der Waals surface area contributed by atoms with Gasteiger partial charge < -0.3 is 16.2 Å². The van der Waals surface area contributed by atoms with E-state index in [4.69, 9.17) is 17.3 Å². The predicted molar refractivity (Wildman–Crippen MR) is 77.2 cm³/mol. The number of rotatable bonds is 7. The Morgan fingerprint density at radius 2 is 2.21 bits per heavy atom. The predicted octanol–water partition coefficient (Wildman–Crippen LogP) is 2.08. The van der Waals surface area contributed by atoms with Gasteiger partial charge in [-0.2, -0.15) is 0 Å². The largest absolute Gasteiger partial charge is 0.389 e. The summed E-state index contributed by atoms with van der Waals surface area (Å²) < 4.78 is 0. The van der Waals surface area contributed by atoms with E-state index in [9.17, 15) is 9.90 Å². The maximum atomic E-state index is 11.0. The van der Waals surface area contributed by atoms with Crippen molar-refractivity contribution < 1.29 is 9.90 Å². The molecule has 0 heterocycles. The van der Waals surface area contributed by atoms with Crippen molar-refractivity contribution in [3.05, 3.63) is 34.3 Å². The molecule has 0 fully saturated rings. The van der Waals surface area contributed by atoms with Crippen LogP contribution in [0.2, 0.25) is 5.02 Å². The molecular formula is C14H21ClN2O2. The van der Waals surface area contributed by atoms with Gasteiger partial charge in [-0.05, 0) is 31.0 Å². The number of halogens is 1. The van der Waals surface area contributed by atoms with Crippen LogP contribution < -0.4 is 11.1 Å². The summed E-state index contributed by atoms with van der Waals surface area (Å²) in [6.45, 7) is 4.88. The van der Waals surface area contributed by atoms with E-state index in [2.05, 4.69) is 5.32 Å². The van der Waals surface area contributed by atoms with Crippen molar-refractivity contribution in [2.24, 2.45) is 5.73 Å². The number of nitrogens with one attached hydrogen (secondary N) is 1. The molecule has 0 radical (unpaired) electrons. The van der Waals surface area contributed by atoms with E-state index in [0.29, 0.717) is 23.7 Å². The minimum atomic E-state index is -0.714. The number of primary amides is 1. The van der Waals surface area contributed by atoms with E-state index >= 15 is 0 Å². The second-order valence-electron chi connectivity index (χ2n) is 5.02. The highest BCUT2D eigenvalue weighted by molar-refractivity contribution is 6.31. The SMILES string of the molecule is CCCC(C)(O)CNCc1ccc(C(N)=O)cc1Cl. The van der Waals surface area contributed by atoms with Crippen LogP contribution in [0.3, 0.4) is 0 Å². The Balaban J connectivity index is 2.57. The van der Waals surface area contributed by atoms with Crippen molar-refractivity contribution in [2.45, 2.75) is 38.8 Å². The highest BCUT2D eigenvalue weighted by Crippen LogP contribution is 2.18. The minimum Gasteiger partial charge on any atom is -0.389 e. The molecule has 19 heavy (non-hydrogen) atoms. The van der Waals surface area contributed by atoms with Crippen LogP contribution in [0.15, 0.2) is 18.2 Å². The van der Waals surface area contributed by atoms with Crippen LogP contribution in [0, 0.1) is 0 Å². The van der Waals surface area contributed by atoms with Crippen molar-refractivity contribution in [3.63, 3.8) is 0 Å². The highest BCUT2D eigenvalue weighted by Gasteiger charge is 2.18. The van der Waals surface area contributed by atoms with E-state index in [1.807, 2.05) is 6.92 Å². The first-order chi connectivity index (χ1) is 8.85. The van der Waals surface area contributed by atoms with Crippen LogP contribution in [0.25, 0.3) is 0 Å². The number of carbonyl (C=O) groups excluding carboxylic acids is 1. The molecule has 1 amide bonds. The molecule has 4 nitrogen and oxygen atoms in total. The van der Waals surface area contributed by atoms with Crippen molar-refractivity contribution in [1.82, 2.24) is 5.32 Å². The topological polar surface area (TPSA) is 75.3 Å². The lowest BCUT2D eigenvalue weighted by Crippen LogP contribution is -2.37. The van der Waals surface area contributed by atoms with Crippen LogP contribution in [-0.4, -0.2) is 23.2 Å². The maximum absolute atomic E-state index is 11.0. The van der Waals surface area contributed by atoms with Crippen LogP contribution in [-0.2, 0) is 6.54 Å². The van der Waals surface area contributed by atoms with E-state index in [1.54, 1.807) is 25.1 Å². The zero-order valence-corrected chi connectivity index (χ0v) is 12.1. The van der Waals surface area contributed by atoms with Crippen molar-refractivity contribution >= 4 is 17.5 Å². The summed E-state index contributed by atoms with van der Waals surface area (Å²) in [6, 6.07) is 4.98. The molecule has 0 aliphatic heterocycles. The Hall–Kier alpha value is -1.10. The normalized spacial score (nSPS) is 14.1. The Labute approximate surface area is 118 Å². The summed E-state index contributed by atoms with van der Waals surface area (Å²) >= 11 is 6.07. The van der Waals surface area contributed by atoms with Gasteiger partial charge in [0.1, 0.15) is 0 Å². The third kappa shape index (κ3) is 5.19. The fraction of sp³-hybridized carbons (Fsp3) is 0.500. The first-order valence-electron chi connectivity index (χ1n) is 6.37. The third-order valence-electron chi connectivity index (χ3n) is 2.95. The van der Waals surface area contributed by atoms with Gasteiger partial charge in [0.15, 0.2) is 0 Å². The van der Waals surface area contributed by atoms with Crippen LogP contribution in [0.5, 0.6) is 0 Å². The van der Waals surface area contributed by atoms with Gasteiger partial charge in [0.25, 0.3) is 0 Å². The molecule has 4 N–H and O–H groups in total. The second kappa shape index (κ2) is 6.89. The zero-order valence-electron chi connectivity index (χ0n) is 11.4. The number of carbonyl (C=O) groups is 1. The molecule has 1 unspecified atom stereocenters. The molecule has 0 aromatic heterocycles. The first kappa shape index (κ1) is 16.0. The molecule has 0 aliphatic rings. The standard InChI is InChI=1S/C14H21ClN2O2/c1-3-6-14(2,19)9-17-8-11-5-4-10(13(16)18)7-12(11)15/h4-5,7,17,19H,3,6,8-9H2,1-2H3,(H2,16,18). The van der Waals surface area contributed by atoms with Gasteiger partial charge in [0.05, 0.1) is 5.60 Å². The lowest BCUT2D eigenvalue weighted by Gasteiger charge is -2.23. The van der Waals surface area contributed by atoms with Crippen LogP contribution in [0.4, 0.5) is 0 Å². The summed E-state index contributed by atoms with van der Waals surface area (Å²) in [5.41, 5.74) is 5.73. The summed E-state index contributed by atoms with van der Waals surface area (Å²) in [5.74, 6) is -0.493. The highest BCUT2D eigenvalue weighted by atomic mass is 35.5. The number of hydrogen-bond acceptors (Lipinski definition) is 3. The number of aliphatic hydroxyl groups is 1. The lowest BCUT2D eigenvalue weighted by molar-refractivity contribution is 0.0498. The van der Waals surface area contributed by atoms with Gasteiger partial charge >= 0.3 is 0 Å². The number of amides is 1. The molecular weight excluding hydrogens is 264 g/mol. The van der Waals surface area contributed by atoms with Gasteiger partial charge in [0, 0.05) is 23.7 Å². The number of hydrogen-bond donors (Lipinski definition) is 3. The van der Waals surface area contributed by atoms with Gasteiger partial charge in [-0.25, -0.2) is 0 Å². The molecule has 0 spiro atoms. The fourth-order valence-electron chi connectivity index (χ4n) is 1.94. The molecule has 106 valence electrons. The Kier molecular flexibility index (Phi) is 5.79. The number of nitrogens with two attached hydrogens (primary N) is 1. The fourth-order valence-corrected chi connectivity index (χ4v) is 2.18. The minimum absolute atomic E-state index is 0.395. The van der Waals surface area contributed by atoms with Crippen LogP contribution in [0.1, 0.15) is 42.6 Å². The van der Waals surface area contributed by atoms with Gasteiger partial charge in [-0.15, -0.1) is 0 Å². The first-order valence-corrected chi connectivity index (χ1v) is 6.75. The average molecular weight is 285 g/mol. The molecule has 1 rings (SSSR count). The Bertz CT molecular complexity index is 447. The van der Waals surface area contributed by atoms with Crippen molar-refractivity contribution in [3.8, 4) is 0 Å². The lowest BCUT2D eigenvalue weighted by atomic mass is 10.0. The number of benzene rings is 1. The summed E-state index contributed by atoms with van der Waals surface area (Å²) in [7, 11) is 0. The van der Waals surface area contributed by atoms with E-state index in [1.165, 1.54) is 0 Å². The van der Waals surface area contributed by atoms with E-state index in [0.717, 1.165) is 18.4 Å². The maximum Gasteiger partial charge on any atom is 0.248 e. The molecule has 0 saturated carbocycles. The quantitative estimate of drug-likeness (QED) is 0.717. The summed E-state index contributed by atoms with van der Waals surface area (Å²) in [6.07, 6.45) is 1.68. The second-order valence-corrected chi connectivity index (χ2v) is 5.43. The Morgan fingerprint density at radius 3 is 2.74 bits per heavy atom. The zero-order chi connectivity index (χ0) is 14.5. The van der Waals surface area contributed by atoms with Crippen LogP contribution >= 0.6 is 11.6 Å². The molecule has 0 bridgehead atoms. The van der Waals surface area contributed by atoms with Gasteiger partial charge in [0.2, 0.25) is 5.91 Å². The van der Waals surface area contributed by atoms with Crippen molar-refractivity contribution in [2.75, 3.05) is 6.54 Å². The molecule has 0 saturated heterocycles. The molecule has 5 heteroatoms. The summed E-state index contributed by atoms with van der Waals surface area (Å²) in [5, 5.41) is 13.7. The molecule has 1 aromatic rings. The Morgan fingerprint density at radius 1 is 1.53 bits per heavy atom.